The van der Waals surface area contributed by atoms with Gasteiger partial charge in [0.15, 0.2) is 5.15 Å². The van der Waals surface area contributed by atoms with Crippen molar-refractivity contribution in [3.63, 3.8) is 0 Å². The van der Waals surface area contributed by atoms with Crippen molar-refractivity contribution in [1.82, 2.24) is 9.89 Å². The first-order valence-corrected chi connectivity index (χ1v) is 2.59. The molecule has 0 saturated heterocycles. The van der Waals surface area contributed by atoms with Crippen LogP contribution in [0.25, 0.3) is 0 Å². The van der Waals surface area contributed by atoms with Crippen LogP contribution in [0.4, 0.5) is 0 Å². The molecule has 0 bridgehead atoms. The fourth-order valence-electron chi connectivity index (χ4n) is 0.402. The lowest BCUT2D eigenvalue weighted by molar-refractivity contribution is 0.764. The van der Waals surface area contributed by atoms with Gasteiger partial charge < -0.3 is 5.84 Å². The summed E-state index contributed by atoms with van der Waals surface area (Å²) in [6, 6.07) is 2.63. The van der Waals surface area contributed by atoms with E-state index in [1.165, 1.54) is 12.1 Å². The van der Waals surface area contributed by atoms with E-state index in [1.54, 1.807) is 0 Å². The first-order valence-electron chi connectivity index (χ1n) is 2.21. The molecule has 0 amide bonds. The van der Waals surface area contributed by atoms with Crippen LogP contribution >= 0.6 is 11.6 Å². The van der Waals surface area contributed by atoms with Gasteiger partial charge >= 0.3 is 0 Å². The lowest BCUT2D eigenvalue weighted by Gasteiger charge is -1.91. The Hall–Kier alpha value is -1.03. The molecule has 0 aliphatic carbocycles. The molecule has 5 heteroatoms. The number of halogens is 1. The Morgan fingerprint density at radius 2 is 2.33 bits per heavy atom. The molecule has 2 N–H and O–H groups in total. The summed E-state index contributed by atoms with van der Waals surface area (Å²) in [6.45, 7) is 0. The molecule has 4 nitrogen and oxygen atoms in total. The van der Waals surface area contributed by atoms with E-state index >= 15 is 0 Å². The third-order valence-electron chi connectivity index (χ3n) is 0.793. The fraction of sp³-hybridized carbons (Fsp3) is 0. The molecule has 0 unspecified atom stereocenters. The maximum atomic E-state index is 10.5. The summed E-state index contributed by atoms with van der Waals surface area (Å²) in [5, 5.41) is 3.63. The highest BCUT2D eigenvalue weighted by Crippen LogP contribution is 1.95. The first-order chi connectivity index (χ1) is 4.20. The molecular weight excluding hydrogens is 142 g/mol. The minimum absolute atomic E-state index is 0.206. The van der Waals surface area contributed by atoms with Crippen molar-refractivity contribution in [1.29, 1.82) is 0 Å². The SMILES string of the molecule is Nn1nc(Cl)ccc1=O. The molecule has 1 aromatic heterocycles. The Morgan fingerprint density at radius 1 is 1.67 bits per heavy atom. The van der Waals surface area contributed by atoms with E-state index in [9.17, 15) is 4.79 Å². The Balaban J connectivity index is 3.34. The molecule has 0 atom stereocenters. The molecule has 0 aliphatic heterocycles. The summed E-state index contributed by atoms with van der Waals surface area (Å²) < 4.78 is 0. The molecule has 0 aromatic carbocycles. The summed E-state index contributed by atoms with van der Waals surface area (Å²) >= 11 is 5.37. The van der Waals surface area contributed by atoms with E-state index in [2.05, 4.69) is 5.10 Å². The molecule has 0 radical (unpaired) electrons. The average molecular weight is 146 g/mol. The summed E-state index contributed by atoms with van der Waals surface area (Å²) in [5.41, 5.74) is -0.376. The lowest BCUT2D eigenvalue weighted by atomic mass is 10.6. The van der Waals surface area contributed by atoms with Crippen molar-refractivity contribution in [2.24, 2.45) is 0 Å². The van der Waals surface area contributed by atoms with E-state index in [0.717, 1.165) is 0 Å². The molecule has 0 spiro atoms. The van der Waals surface area contributed by atoms with Crippen LogP contribution in [-0.2, 0) is 0 Å². The lowest BCUT2D eigenvalue weighted by Crippen LogP contribution is -2.28. The zero-order chi connectivity index (χ0) is 6.85. The predicted molar refractivity (Wildman–Crippen MR) is 33.7 cm³/mol. The van der Waals surface area contributed by atoms with Crippen molar-refractivity contribution in [3.05, 3.63) is 27.6 Å². The number of rotatable bonds is 0. The van der Waals surface area contributed by atoms with Gasteiger partial charge in [0.2, 0.25) is 0 Å². The predicted octanol–water partition coefficient (Wildman–Crippen LogP) is -0.390. The van der Waals surface area contributed by atoms with Crippen LogP contribution in [0.5, 0.6) is 0 Å². The van der Waals surface area contributed by atoms with Crippen molar-refractivity contribution in [2.75, 3.05) is 5.84 Å². The zero-order valence-corrected chi connectivity index (χ0v) is 5.17. The van der Waals surface area contributed by atoms with Crippen molar-refractivity contribution < 1.29 is 0 Å². The summed E-state index contributed by atoms with van der Waals surface area (Å²) in [7, 11) is 0. The second-order valence-corrected chi connectivity index (χ2v) is 1.83. The van der Waals surface area contributed by atoms with Crippen LogP contribution in [0.15, 0.2) is 16.9 Å². The fourth-order valence-corrected chi connectivity index (χ4v) is 0.546. The molecular formula is C4H4ClN3O. The Labute approximate surface area is 55.8 Å². The minimum Gasteiger partial charge on any atom is -0.320 e. The van der Waals surface area contributed by atoms with E-state index < -0.39 is 0 Å². The zero-order valence-electron chi connectivity index (χ0n) is 4.41. The van der Waals surface area contributed by atoms with Gasteiger partial charge in [-0.05, 0) is 6.07 Å². The summed E-state index contributed by atoms with van der Waals surface area (Å²) in [6.07, 6.45) is 0. The molecule has 1 heterocycles. The number of hydrogen-bond donors (Lipinski definition) is 1. The summed E-state index contributed by atoms with van der Waals surface area (Å²) in [5.74, 6) is 5.03. The van der Waals surface area contributed by atoms with Gasteiger partial charge in [0, 0.05) is 6.07 Å². The van der Waals surface area contributed by atoms with Gasteiger partial charge in [0.05, 0.1) is 0 Å². The van der Waals surface area contributed by atoms with Gasteiger partial charge in [-0.2, -0.15) is 0 Å². The normalized spacial score (nSPS) is 9.44. The van der Waals surface area contributed by atoms with Crippen LogP contribution in [0.2, 0.25) is 5.15 Å². The van der Waals surface area contributed by atoms with Crippen LogP contribution in [-0.4, -0.2) is 9.89 Å². The highest BCUT2D eigenvalue weighted by molar-refractivity contribution is 6.29. The van der Waals surface area contributed by atoms with Crippen LogP contribution in [0.1, 0.15) is 0 Å². The average Bonchev–Trinajstić information content (AvgIpc) is 1.80. The first kappa shape index (κ1) is 6.10. The number of nitrogens with two attached hydrogens (primary N) is 1. The molecule has 0 fully saturated rings. The van der Waals surface area contributed by atoms with E-state index in [-0.39, 0.29) is 10.7 Å². The van der Waals surface area contributed by atoms with E-state index in [4.69, 9.17) is 17.4 Å². The highest BCUT2D eigenvalue weighted by atomic mass is 35.5. The third-order valence-corrected chi connectivity index (χ3v) is 0.994. The maximum absolute atomic E-state index is 10.5. The van der Waals surface area contributed by atoms with Gasteiger partial charge in [0.1, 0.15) is 0 Å². The Bertz CT molecular complexity index is 269. The summed E-state index contributed by atoms with van der Waals surface area (Å²) in [4.78, 5) is 11.2. The second kappa shape index (κ2) is 2.06. The van der Waals surface area contributed by atoms with Crippen LogP contribution in [0, 0.1) is 0 Å². The second-order valence-electron chi connectivity index (χ2n) is 1.44. The van der Waals surface area contributed by atoms with Gasteiger partial charge in [0.25, 0.3) is 5.56 Å². The van der Waals surface area contributed by atoms with Gasteiger partial charge in [-0.15, -0.1) is 9.89 Å². The molecule has 48 valence electrons. The van der Waals surface area contributed by atoms with Crippen molar-refractivity contribution >= 4 is 11.6 Å². The Morgan fingerprint density at radius 3 is 2.78 bits per heavy atom. The number of hydrogen-bond acceptors (Lipinski definition) is 3. The molecule has 1 rings (SSSR count). The van der Waals surface area contributed by atoms with Crippen LogP contribution < -0.4 is 11.4 Å². The monoisotopic (exact) mass is 145 g/mol. The smallest absolute Gasteiger partial charge is 0.285 e. The standard InChI is InChI=1S/C4H4ClN3O/c5-3-1-2-4(9)8(6)7-3/h1-2H,6H2. The highest BCUT2D eigenvalue weighted by Gasteiger charge is 1.90. The minimum atomic E-state index is -0.376. The van der Waals surface area contributed by atoms with Gasteiger partial charge in [-0.25, -0.2) is 0 Å². The molecule has 9 heavy (non-hydrogen) atoms. The molecule has 0 saturated carbocycles. The Kier molecular flexibility index (Phi) is 1.40. The number of nitrogen functional groups attached to an aromatic ring is 1. The quantitative estimate of drug-likeness (QED) is 0.506. The maximum Gasteiger partial charge on any atom is 0.285 e. The molecule has 0 aliphatic rings. The van der Waals surface area contributed by atoms with Gasteiger partial charge in [-0.1, -0.05) is 11.6 Å². The third kappa shape index (κ3) is 1.20. The van der Waals surface area contributed by atoms with Crippen molar-refractivity contribution in [3.8, 4) is 0 Å². The number of aromatic nitrogens is 2. The van der Waals surface area contributed by atoms with Gasteiger partial charge in [-0.3, -0.25) is 4.79 Å². The van der Waals surface area contributed by atoms with E-state index in [0.29, 0.717) is 4.79 Å². The number of nitrogens with zero attached hydrogens (tertiary/aromatic N) is 2. The van der Waals surface area contributed by atoms with Crippen molar-refractivity contribution in [2.45, 2.75) is 0 Å². The topological polar surface area (TPSA) is 60.9 Å². The molecule has 1 aromatic rings. The largest absolute Gasteiger partial charge is 0.320 e. The van der Waals surface area contributed by atoms with E-state index in [1.807, 2.05) is 0 Å². The van der Waals surface area contributed by atoms with Crippen LogP contribution in [0.3, 0.4) is 0 Å².